The number of benzene rings is 2. The molecule has 7 heteroatoms. The fraction of sp³-hybridized carbons (Fsp3) is 0.250. The highest BCUT2D eigenvalue weighted by molar-refractivity contribution is 8.00. The molecule has 27 heavy (non-hydrogen) atoms. The third kappa shape index (κ3) is 4.17. The molecule has 5 nitrogen and oxygen atoms in total. The Kier molecular flexibility index (Phi) is 5.87. The molecule has 0 aliphatic carbocycles. The summed E-state index contributed by atoms with van der Waals surface area (Å²) in [4.78, 5) is 31.6. The first-order valence-electron chi connectivity index (χ1n) is 8.49. The average molecular weight is 402 g/mol. The summed E-state index contributed by atoms with van der Waals surface area (Å²) in [6.07, 6.45) is 0. The first kappa shape index (κ1) is 19.5. The Bertz CT molecular complexity index is 1050. The van der Waals surface area contributed by atoms with E-state index in [0.29, 0.717) is 27.6 Å². The van der Waals surface area contributed by atoms with E-state index in [-0.39, 0.29) is 16.7 Å². The molecule has 0 bridgehead atoms. The molecule has 1 heterocycles. The van der Waals surface area contributed by atoms with Gasteiger partial charge in [-0.2, -0.15) is 0 Å². The van der Waals surface area contributed by atoms with Gasteiger partial charge in [-0.1, -0.05) is 53.7 Å². The molecule has 0 saturated carbocycles. The van der Waals surface area contributed by atoms with Crippen LogP contribution in [-0.2, 0) is 11.3 Å². The lowest BCUT2D eigenvalue weighted by Gasteiger charge is -2.19. The van der Waals surface area contributed by atoms with Gasteiger partial charge in [0.15, 0.2) is 5.16 Å². The Labute approximate surface area is 167 Å². The van der Waals surface area contributed by atoms with Crippen LogP contribution >= 0.6 is 23.4 Å². The molecule has 0 N–H and O–H groups in total. The van der Waals surface area contributed by atoms with Crippen molar-refractivity contribution in [1.82, 2.24) is 14.5 Å². The van der Waals surface area contributed by atoms with Crippen LogP contribution in [0.3, 0.4) is 0 Å². The number of halogens is 1. The van der Waals surface area contributed by atoms with Gasteiger partial charge in [0.2, 0.25) is 5.91 Å². The molecule has 3 aromatic rings. The third-order valence-electron chi connectivity index (χ3n) is 4.18. The highest BCUT2D eigenvalue weighted by atomic mass is 35.5. The predicted octanol–water partition coefficient (Wildman–Crippen LogP) is 3.67. The van der Waals surface area contributed by atoms with Crippen LogP contribution in [0, 0.1) is 0 Å². The first-order chi connectivity index (χ1) is 12.9. The van der Waals surface area contributed by atoms with Crippen LogP contribution in [0.1, 0.15) is 12.5 Å². The fourth-order valence-electron chi connectivity index (χ4n) is 2.75. The van der Waals surface area contributed by atoms with Gasteiger partial charge in [-0.15, -0.1) is 0 Å². The monoisotopic (exact) mass is 401 g/mol. The highest BCUT2D eigenvalue weighted by Crippen LogP contribution is 2.25. The summed E-state index contributed by atoms with van der Waals surface area (Å²) < 4.78 is 1.59. The molecule has 0 fully saturated rings. The number of hydrogen-bond acceptors (Lipinski definition) is 4. The highest BCUT2D eigenvalue weighted by Gasteiger charge is 2.21. The fourth-order valence-corrected chi connectivity index (χ4v) is 4.00. The normalized spacial score (nSPS) is 12.1. The molecule has 0 spiro atoms. The zero-order valence-electron chi connectivity index (χ0n) is 15.3. The van der Waals surface area contributed by atoms with E-state index in [1.165, 1.54) is 16.7 Å². The largest absolute Gasteiger partial charge is 0.348 e. The molecule has 0 aliphatic heterocycles. The van der Waals surface area contributed by atoms with Crippen LogP contribution in [0.15, 0.2) is 58.5 Å². The van der Waals surface area contributed by atoms with Gasteiger partial charge in [0.1, 0.15) is 0 Å². The number of rotatable bonds is 5. The van der Waals surface area contributed by atoms with Gasteiger partial charge >= 0.3 is 0 Å². The summed E-state index contributed by atoms with van der Waals surface area (Å²) in [7, 11) is 3.42. The van der Waals surface area contributed by atoms with E-state index in [9.17, 15) is 9.59 Å². The van der Waals surface area contributed by atoms with Crippen molar-refractivity contribution in [3.05, 3.63) is 69.5 Å². The molecule has 1 aromatic heterocycles. The topological polar surface area (TPSA) is 55.2 Å². The van der Waals surface area contributed by atoms with Gasteiger partial charge in [0.25, 0.3) is 5.56 Å². The Morgan fingerprint density at radius 3 is 2.56 bits per heavy atom. The molecule has 1 atom stereocenters. The van der Waals surface area contributed by atoms with E-state index >= 15 is 0 Å². The Balaban J connectivity index is 2.11. The summed E-state index contributed by atoms with van der Waals surface area (Å²) in [5.74, 6) is -0.0355. The van der Waals surface area contributed by atoms with Gasteiger partial charge in [0.05, 0.1) is 22.7 Å². The van der Waals surface area contributed by atoms with Crippen molar-refractivity contribution < 1.29 is 4.79 Å². The molecule has 2 aromatic carbocycles. The number of hydrogen-bond donors (Lipinski definition) is 0. The number of carbonyl (C=O) groups is 1. The molecule has 1 amide bonds. The number of aromatic nitrogens is 2. The minimum absolute atomic E-state index is 0.0355. The summed E-state index contributed by atoms with van der Waals surface area (Å²) in [5.41, 5.74) is 1.30. The van der Waals surface area contributed by atoms with Gasteiger partial charge in [0, 0.05) is 19.1 Å². The summed E-state index contributed by atoms with van der Waals surface area (Å²) >= 11 is 7.57. The van der Waals surface area contributed by atoms with E-state index in [1.807, 2.05) is 37.3 Å². The average Bonchev–Trinajstić information content (AvgIpc) is 2.65. The Hall–Kier alpha value is -2.31. The van der Waals surface area contributed by atoms with Crippen LogP contribution in [0.2, 0.25) is 5.02 Å². The zero-order valence-corrected chi connectivity index (χ0v) is 16.9. The maximum Gasteiger partial charge on any atom is 0.262 e. The van der Waals surface area contributed by atoms with Crippen LogP contribution in [-0.4, -0.2) is 39.7 Å². The van der Waals surface area contributed by atoms with Crippen molar-refractivity contribution in [2.75, 3.05) is 14.1 Å². The van der Waals surface area contributed by atoms with E-state index in [1.54, 1.807) is 36.9 Å². The van der Waals surface area contributed by atoms with Crippen LogP contribution in [0.25, 0.3) is 10.9 Å². The minimum atomic E-state index is -0.370. The molecule has 0 aliphatic rings. The second-order valence-corrected chi connectivity index (χ2v) is 8.10. The molecular formula is C20H20ClN3O2S. The number of carbonyl (C=O) groups excluding carboxylic acids is 1. The number of para-hydroxylation sites is 1. The lowest BCUT2D eigenvalue weighted by molar-refractivity contribution is -0.127. The standard InChI is InChI=1S/C20H20ClN3O2S/c1-13(18(25)23(2)3)27-20-22-17-11-7-5-9-15(17)19(26)24(20)12-14-8-4-6-10-16(14)21/h4-11,13H,12H2,1-3H3/t13-/m1/s1. The number of fused-ring (bicyclic) bond motifs is 1. The maximum absolute atomic E-state index is 13.1. The van der Waals surface area contributed by atoms with Crippen molar-refractivity contribution >= 4 is 40.2 Å². The van der Waals surface area contributed by atoms with Crippen molar-refractivity contribution in [3.63, 3.8) is 0 Å². The SMILES string of the molecule is C[C@@H](Sc1nc2ccccc2c(=O)n1Cc1ccccc1Cl)C(=O)N(C)C. The smallest absolute Gasteiger partial charge is 0.262 e. The quantitative estimate of drug-likeness (QED) is 0.483. The maximum atomic E-state index is 13.1. The van der Waals surface area contributed by atoms with Crippen molar-refractivity contribution in [2.24, 2.45) is 0 Å². The molecule has 140 valence electrons. The third-order valence-corrected chi connectivity index (χ3v) is 5.63. The Morgan fingerprint density at radius 1 is 1.19 bits per heavy atom. The van der Waals surface area contributed by atoms with Crippen molar-refractivity contribution in [1.29, 1.82) is 0 Å². The van der Waals surface area contributed by atoms with Gasteiger partial charge in [-0.25, -0.2) is 4.98 Å². The molecule has 3 rings (SSSR count). The van der Waals surface area contributed by atoms with Gasteiger partial charge in [-0.3, -0.25) is 14.2 Å². The van der Waals surface area contributed by atoms with Crippen LogP contribution in [0.5, 0.6) is 0 Å². The van der Waals surface area contributed by atoms with E-state index < -0.39 is 0 Å². The second kappa shape index (κ2) is 8.15. The van der Waals surface area contributed by atoms with Gasteiger partial charge in [-0.05, 0) is 30.7 Å². The molecule has 0 unspecified atom stereocenters. The second-order valence-electron chi connectivity index (χ2n) is 6.39. The minimum Gasteiger partial charge on any atom is -0.348 e. The molecule has 0 saturated heterocycles. The lowest BCUT2D eigenvalue weighted by atomic mass is 10.2. The lowest BCUT2D eigenvalue weighted by Crippen LogP contribution is -2.31. The van der Waals surface area contributed by atoms with E-state index in [2.05, 4.69) is 4.98 Å². The summed E-state index contributed by atoms with van der Waals surface area (Å²) in [6, 6.07) is 14.6. The van der Waals surface area contributed by atoms with Crippen LogP contribution < -0.4 is 5.56 Å². The predicted molar refractivity (Wildman–Crippen MR) is 111 cm³/mol. The first-order valence-corrected chi connectivity index (χ1v) is 9.75. The molecule has 0 radical (unpaired) electrons. The summed E-state index contributed by atoms with van der Waals surface area (Å²) in [5, 5.41) is 1.26. The van der Waals surface area contributed by atoms with E-state index in [0.717, 1.165) is 5.56 Å². The molecular weight excluding hydrogens is 382 g/mol. The van der Waals surface area contributed by atoms with Crippen LogP contribution in [0.4, 0.5) is 0 Å². The van der Waals surface area contributed by atoms with Crippen molar-refractivity contribution in [2.45, 2.75) is 23.9 Å². The van der Waals surface area contributed by atoms with Gasteiger partial charge < -0.3 is 4.90 Å². The Morgan fingerprint density at radius 2 is 1.85 bits per heavy atom. The number of amides is 1. The van der Waals surface area contributed by atoms with Crippen molar-refractivity contribution in [3.8, 4) is 0 Å². The summed E-state index contributed by atoms with van der Waals surface area (Å²) in [6.45, 7) is 2.11. The zero-order chi connectivity index (χ0) is 19.6. The van der Waals surface area contributed by atoms with E-state index in [4.69, 9.17) is 11.6 Å². The number of nitrogens with zero attached hydrogens (tertiary/aromatic N) is 3. The number of thioether (sulfide) groups is 1.